The Morgan fingerprint density at radius 3 is 2.70 bits per heavy atom. The summed E-state index contributed by atoms with van der Waals surface area (Å²) in [6.45, 7) is 7.46. The molecule has 3 aromatic rings. The minimum atomic E-state index is -0.337. The molecule has 1 amide bonds. The van der Waals surface area contributed by atoms with Crippen LogP contribution >= 0.6 is 11.8 Å². The minimum absolute atomic E-state index is 0.337. The highest BCUT2D eigenvalue weighted by Crippen LogP contribution is 2.33. The first-order valence-electron chi connectivity index (χ1n) is 10.5. The molecule has 1 aliphatic heterocycles. The number of hydrogen-bond donors (Lipinski definition) is 1. The van der Waals surface area contributed by atoms with Gasteiger partial charge in [0.25, 0.3) is 0 Å². The van der Waals surface area contributed by atoms with E-state index in [2.05, 4.69) is 43.7 Å². The molecule has 170 valence electrons. The van der Waals surface area contributed by atoms with Crippen LogP contribution in [-0.4, -0.2) is 64.0 Å². The summed E-state index contributed by atoms with van der Waals surface area (Å²) in [5, 5.41) is 3.08. The van der Waals surface area contributed by atoms with E-state index in [-0.39, 0.29) is 5.91 Å². The first-order valence-corrected chi connectivity index (χ1v) is 11.3. The molecule has 1 aliphatic rings. The van der Waals surface area contributed by atoms with Crippen molar-refractivity contribution in [1.82, 2.24) is 24.8 Å². The predicted molar refractivity (Wildman–Crippen MR) is 127 cm³/mol. The molecular weight excluding hydrogens is 438 g/mol. The molecule has 4 rings (SSSR count). The molecule has 9 nitrogen and oxygen atoms in total. The molecule has 0 bridgehead atoms. The molecular formula is C23H25N7O2S. The third kappa shape index (κ3) is 6.27. The van der Waals surface area contributed by atoms with Crippen LogP contribution in [0.4, 0.5) is 11.8 Å². The number of amides is 1. The third-order valence-electron chi connectivity index (χ3n) is 4.99. The van der Waals surface area contributed by atoms with Crippen LogP contribution in [0.2, 0.25) is 0 Å². The second kappa shape index (κ2) is 10.9. The smallest absolute Gasteiger partial charge is 0.248 e. The highest BCUT2D eigenvalue weighted by atomic mass is 32.2. The summed E-state index contributed by atoms with van der Waals surface area (Å²) in [5.41, 5.74) is 1.04. The zero-order valence-electron chi connectivity index (χ0n) is 18.3. The monoisotopic (exact) mass is 463 g/mol. The molecule has 1 aromatic carbocycles. The topological polar surface area (TPSA) is 96.4 Å². The Hall–Kier alpha value is -3.50. The second-order valence-corrected chi connectivity index (χ2v) is 8.43. The molecule has 1 saturated heterocycles. The lowest BCUT2D eigenvalue weighted by molar-refractivity contribution is -0.111. The Balaban J connectivity index is 1.57. The molecule has 0 spiro atoms. The van der Waals surface area contributed by atoms with Gasteiger partial charge in [-0.05, 0) is 36.5 Å². The van der Waals surface area contributed by atoms with Crippen molar-refractivity contribution in [3.63, 3.8) is 0 Å². The zero-order chi connectivity index (χ0) is 23.0. The van der Waals surface area contributed by atoms with E-state index in [4.69, 9.17) is 9.72 Å². The van der Waals surface area contributed by atoms with E-state index < -0.39 is 0 Å². The van der Waals surface area contributed by atoms with Crippen LogP contribution in [0.15, 0.2) is 71.5 Å². The molecule has 10 heteroatoms. The number of anilines is 2. The van der Waals surface area contributed by atoms with Crippen molar-refractivity contribution >= 4 is 29.4 Å². The summed E-state index contributed by atoms with van der Waals surface area (Å²) in [7, 11) is 2.11. The van der Waals surface area contributed by atoms with Gasteiger partial charge < -0.3 is 19.9 Å². The van der Waals surface area contributed by atoms with E-state index in [0.29, 0.717) is 34.3 Å². The summed E-state index contributed by atoms with van der Waals surface area (Å²) in [6.07, 6.45) is 4.51. The second-order valence-electron chi connectivity index (χ2n) is 7.42. The van der Waals surface area contributed by atoms with Gasteiger partial charge >= 0.3 is 0 Å². The van der Waals surface area contributed by atoms with E-state index >= 15 is 0 Å². The molecule has 0 radical (unpaired) electrons. The Labute approximate surface area is 196 Å². The zero-order valence-corrected chi connectivity index (χ0v) is 19.2. The van der Waals surface area contributed by atoms with Crippen LogP contribution in [0.25, 0.3) is 0 Å². The Bertz CT molecular complexity index is 1100. The lowest BCUT2D eigenvalue weighted by atomic mass is 10.2. The van der Waals surface area contributed by atoms with Crippen LogP contribution in [-0.2, 0) is 11.4 Å². The predicted octanol–water partition coefficient (Wildman–Crippen LogP) is 2.87. The number of carbonyl (C=O) groups is 1. The molecule has 33 heavy (non-hydrogen) atoms. The van der Waals surface area contributed by atoms with Gasteiger partial charge in [0.2, 0.25) is 17.7 Å². The van der Waals surface area contributed by atoms with Crippen molar-refractivity contribution in [2.45, 2.75) is 16.7 Å². The average Bonchev–Trinajstić information content (AvgIpc) is 2.85. The van der Waals surface area contributed by atoms with Crippen LogP contribution in [0, 0.1) is 0 Å². The summed E-state index contributed by atoms with van der Waals surface area (Å²) < 4.78 is 6.11. The number of carbonyl (C=O) groups excluding carboxylic acids is 1. The summed E-state index contributed by atoms with van der Waals surface area (Å²) >= 11 is 1.28. The van der Waals surface area contributed by atoms with E-state index in [1.54, 1.807) is 18.5 Å². The average molecular weight is 464 g/mol. The Morgan fingerprint density at radius 1 is 1.15 bits per heavy atom. The van der Waals surface area contributed by atoms with Gasteiger partial charge in [0, 0.05) is 32.4 Å². The number of aromatic nitrogens is 4. The molecule has 1 N–H and O–H groups in total. The summed E-state index contributed by atoms with van der Waals surface area (Å²) in [6, 6.07) is 11.5. The van der Waals surface area contributed by atoms with Gasteiger partial charge in [0.15, 0.2) is 5.16 Å². The molecule has 1 fully saturated rings. The molecule has 0 atom stereocenters. The number of piperazine rings is 1. The number of likely N-dealkylation sites (N-methyl/N-ethyl adjacent to an activating group) is 1. The fraction of sp³-hybridized carbons (Fsp3) is 0.261. The first-order chi connectivity index (χ1) is 16.1. The minimum Gasteiger partial charge on any atom is -0.472 e. The number of nitrogens with one attached hydrogen (secondary N) is 1. The van der Waals surface area contributed by atoms with Crippen molar-refractivity contribution in [1.29, 1.82) is 0 Å². The van der Waals surface area contributed by atoms with Gasteiger partial charge in [-0.25, -0.2) is 15.0 Å². The summed E-state index contributed by atoms with van der Waals surface area (Å²) in [4.78, 5) is 34.7. The van der Waals surface area contributed by atoms with E-state index in [0.717, 1.165) is 31.7 Å². The van der Waals surface area contributed by atoms with Crippen molar-refractivity contribution in [2.75, 3.05) is 43.4 Å². The molecule has 0 unspecified atom stereocenters. The van der Waals surface area contributed by atoms with Gasteiger partial charge in [-0.1, -0.05) is 36.9 Å². The van der Waals surface area contributed by atoms with Crippen LogP contribution < -0.4 is 15.0 Å². The van der Waals surface area contributed by atoms with Gasteiger partial charge in [-0.3, -0.25) is 4.79 Å². The lowest BCUT2D eigenvalue weighted by Crippen LogP contribution is -2.45. The van der Waals surface area contributed by atoms with Crippen molar-refractivity contribution in [2.24, 2.45) is 0 Å². The SMILES string of the molecule is C=CC(=O)Nc1ccnc(Sc2cnc(N3CCN(C)CC3)nc2OCc2ccccc2)n1. The fourth-order valence-electron chi connectivity index (χ4n) is 3.14. The summed E-state index contributed by atoms with van der Waals surface area (Å²) in [5.74, 6) is 1.16. The number of rotatable bonds is 8. The highest BCUT2D eigenvalue weighted by molar-refractivity contribution is 7.99. The first kappa shape index (κ1) is 22.7. The van der Waals surface area contributed by atoms with Crippen molar-refractivity contribution in [3.8, 4) is 5.88 Å². The van der Waals surface area contributed by atoms with E-state index in [1.165, 1.54) is 17.8 Å². The van der Waals surface area contributed by atoms with Gasteiger partial charge in [-0.2, -0.15) is 4.98 Å². The van der Waals surface area contributed by atoms with Gasteiger partial charge in [-0.15, -0.1) is 0 Å². The Morgan fingerprint density at radius 2 is 1.94 bits per heavy atom. The highest BCUT2D eigenvalue weighted by Gasteiger charge is 2.20. The third-order valence-corrected chi connectivity index (χ3v) is 5.86. The normalized spacial score (nSPS) is 14.0. The van der Waals surface area contributed by atoms with Gasteiger partial charge in [0.05, 0.1) is 11.1 Å². The number of hydrogen-bond acceptors (Lipinski definition) is 9. The van der Waals surface area contributed by atoms with Gasteiger partial charge in [0.1, 0.15) is 12.4 Å². The van der Waals surface area contributed by atoms with Crippen LogP contribution in [0.3, 0.4) is 0 Å². The number of benzene rings is 1. The molecule has 2 aromatic heterocycles. The fourth-order valence-corrected chi connectivity index (χ4v) is 3.89. The maximum absolute atomic E-state index is 11.6. The largest absolute Gasteiger partial charge is 0.472 e. The molecule has 0 saturated carbocycles. The molecule has 3 heterocycles. The van der Waals surface area contributed by atoms with E-state index in [9.17, 15) is 4.79 Å². The lowest BCUT2D eigenvalue weighted by Gasteiger charge is -2.32. The van der Waals surface area contributed by atoms with Crippen molar-refractivity contribution in [3.05, 3.63) is 67.0 Å². The van der Waals surface area contributed by atoms with Crippen LogP contribution in [0.1, 0.15) is 5.56 Å². The van der Waals surface area contributed by atoms with Crippen LogP contribution in [0.5, 0.6) is 5.88 Å². The number of nitrogens with zero attached hydrogens (tertiary/aromatic N) is 6. The van der Waals surface area contributed by atoms with E-state index in [1.807, 2.05) is 30.3 Å². The maximum atomic E-state index is 11.6. The van der Waals surface area contributed by atoms with Crippen molar-refractivity contribution < 1.29 is 9.53 Å². The molecule has 0 aliphatic carbocycles. The quantitative estimate of drug-likeness (QED) is 0.399. The number of ether oxygens (including phenoxy) is 1. The maximum Gasteiger partial charge on any atom is 0.248 e. The standard InChI is InChI=1S/C23H25N7O2S/c1-3-20(31)26-19-9-10-24-23(27-19)33-18-15-25-22(30-13-11-29(2)12-14-30)28-21(18)32-16-17-7-5-4-6-8-17/h3-10,15H,1,11-14,16H2,2H3,(H,24,26,27,31). The Kier molecular flexibility index (Phi) is 7.48.